The smallest absolute Gasteiger partial charge is 0.302 e. The molecule has 0 N–H and O–H groups in total. The average molecular weight is 477 g/mol. The van der Waals surface area contributed by atoms with Crippen LogP contribution in [0.4, 0.5) is 0 Å². The van der Waals surface area contributed by atoms with Gasteiger partial charge in [0.05, 0.1) is 32.5 Å². The molecule has 0 bridgehead atoms. The standard InChI is InChI=1S/C27H40O7/c1-16(28)33-19-14-23(2)18(5-6-20(23)25(4)29-9-10-30-25)17-13-21-27(34-21)15-26(31-11-12-32-26)8-7-24(27,3)22(17)19/h17-22H,5-15H2,1-4H3/t17-,18-,19+,20-,21+,22+,23-,24+,27-/m0/s1. The van der Waals surface area contributed by atoms with E-state index in [-0.39, 0.29) is 34.6 Å². The van der Waals surface area contributed by atoms with Gasteiger partial charge in [-0.25, -0.2) is 0 Å². The van der Waals surface area contributed by atoms with Crippen LogP contribution in [0.3, 0.4) is 0 Å². The van der Waals surface area contributed by atoms with E-state index in [1.165, 1.54) is 6.42 Å². The molecule has 2 spiro atoms. The van der Waals surface area contributed by atoms with Crippen LogP contribution in [0.15, 0.2) is 0 Å². The Bertz CT molecular complexity index is 878. The van der Waals surface area contributed by atoms with Crippen LogP contribution in [0.5, 0.6) is 0 Å². The Morgan fingerprint density at radius 3 is 2.35 bits per heavy atom. The first-order valence-electron chi connectivity index (χ1n) is 13.6. The number of ether oxygens (including phenoxy) is 6. The minimum atomic E-state index is -0.538. The third-order valence-corrected chi connectivity index (χ3v) is 11.6. The lowest BCUT2D eigenvalue weighted by Crippen LogP contribution is -2.65. The van der Waals surface area contributed by atoms with Crippen molar-refractivity contribution in [3.05, 3.63) is 0 Å². The zero-order chi connectivity index (χ0) is 23.6. The summed E-state index contributed by atoms with van der Waals surface area (Å²) in [5.41, 5.74) is -0.255. The van der Waals surface area contributed by atoms with Gasteiger partial charge in [0.25, 0.3) is 0 Å². The molecular weight excluding hydrogens is 436 g/mol. The van der Waals surface area contributed by atoms with Crippen molar-refractivity contribution in [2.24, 2.45) is 34.5 Å². The van der Waals surface area contributed by atoms with Gasteiger partial charge in [-0.05, 0) is 56.3 Å². The predicted octanol–water partition coefficient (Wildman–Crippen LogP) is 3.82. The summed E-state index contributed by atoms with van der Waals surface area (Å²) < 4.78 is 37.6. The van der Waals surface area contributed by atoms with Gasteiger partial charge in [-0.1, -0.05) is 13.8 Å². The molecule has 34 heavy (non-hydrogen) atoms. The van der Waals surface area contributed by atoms with Gasteiger partial charge in [-0.2, -0.15) is 0 Å². The van der Waals surface area contributed by atoms with E-state index in [0.717, 1.165) is 38.5 Å². The summed E-state index contributed by atoms with van der Waals surface area (Å²) in [7, 11) is 0. The summed E-state index contributed by atoms with van der Waals surface area (Å²) in [6.07, 6.45) is 7.02. The molecule has 0 unspecified atom stereocenters. The van der Waals surface area contributed by atoms with E-state index in [0.29, 0.717) is 50.1 Å². The summed E-state index contributed by atoms with van der Waals surface area (Å²) in [6.45, 7) is 11.2. The zero-order valence-electron chi connectivity index (χ0n) is 21.1. The van der Waals surface area contributed by atoms with Crippen molar-refractivity contribution in [2.75, 3.05) is 26.4 Å². The van der Waals surface area contributed by atoms with Gasteiger partial charge in [-0.15, -0.1) is 0 Å². The Balaban J connectivity index is 1.26. The van der Waals surface area contributed by atoms with Gasteiger partial charge in [0.1, 0.15) is 11.7 Å². The van der Waals surface area contributed by atoms with E-state index >= 15 is 0 Å². The number of esters is 1. The summed E-state index contributed by atoms with van der Waals surface area (Å²) in [5, 5.41) is 0. The molecule has 190 valence electrons. The van der Waals surface area contributed by atoms with Crippen LogP contribution in [-0.2, 0) is 33.2 Å². The van der Waals surface area contributed by atoms with Crippen LogP contribution < -0.4 is 0 Å². The third kappa shape index (κ3) is 2.74. The second-order valence-corrected chi connectivity index (χ2v) is 12.9. The molecule has 0 aromatic heterocycles. The topological polar surface area (TPSA) is 75.8 Å². The first kappa shape index (κ1) is 22.5. The van der Waals surface area contributed by atoms with Crippen molar-refractivity contribution in [3.63, 3.8) is 0 Å². The van der Waals surface area contributed by atoms with Crippen molar-refractivity contribution >= 4 is 5.97 Å². The van der Waals surface area contributed by atoms with Crippen LogP contribution in [0.2, 0.25) is 0 Å². The van der Waals surface area contributed by atoms with Crippen molar-refractivity contribution in [2.45, 2.75) is 102 Å². The van der Waals surface area contributed by atoms with Crippen LogP contribution in [-0.4, -0.2) is 61.8 Å². The molecule has 0 aromatic carbocycles. The molecule has 0 aromatic rings. The van der Waals surface area contributed by atoms with Gasteiger partial charge < -0.3 is 28.4 Å². The SMILES string of the molecule is CC(=O)O[C@@H]1C[C@]2(C)[C@@H](C3(C)OCCO3)CC[C@H]2[C@@H]2C[C@H]3O[C@@]34CC3(CC[C@]4(C)[C@H]21)OCCO3. The van der Waals surface area contributed by atoms with Gasteiger partial charge >= 0.3 is 5.97 Å². The molecule has 3 aliphatic heterocycles. The Labute approximate surface area is 202 Å². The number of carbonyl (C=O) groups excluding carboxylic acids is 1. The molecule has 0 amide bonds. The maximum atomic E-state index is 12.4. The van der Waals surface area contributed by atoms with E-state index in [2.05, 4.69) is 20.8 Å². The Kier molecular flexibility index (Phi) is 4.61. The van der Waals surface area contributed by atoms with E-state index in [4.69, 9.17) is 28.4 Å². The zero-order valence-corrected chi connectivity index (χ0v) is 21.1. The van der Waals surface area contributed by atoms with Gasteiger partial charge in [0, 0.05) is 37.0 Å². The molecule has 3 saturated heterocycles. The van der Waals surface area contributed by atoms with Crippen molar-refractivity contribution < 1.29 is 33.2 Å². The highest BCUT2D eigenvalue weighted by Crippen LogP contribution is 2.76. The van der Waals surface area contributed by atoms with Gasteiger partial charge in [0.15, 0.2) is 11.6 Å². The second-order valence-electron chi connectivity index (χ2n) is 12.9. The lowest BCUT2D eigenvalue weighted by Gasteiger charge is -2.62. The maximum absolute atomic E-state index is 12.4. The van der Waals surface area contributed by atoms with Crippen molar-refractivity contribution in [3.8, 4) is 0 Å². The average Bonchev–Trinajstić information content (AvgIpc) is 3.12. The van der Waals surface area contributed by atoms with Crippen LogP contribution >= 0.6 is 0 Å². The number of fused-ring (bicyclic) bond motifs is 4. The normalized spacial score (nSPS) is 54.1. The predicted molar refractivity (Wildman–Crippen MR) is 121 cm³/mol. The highest BCUT2D eigenvalue weighted by atomic mass is 16.7. The molecule has 7 nitrogen and oxygen atoms in total. The van der Waals surface area contributed by atoms with Crippen molar-refractivity contribution in [1.29, 1.82) is 0 Å². The van der Waals surface area contributed by atoms with Gasteiger partial charge in [-0.3, -0.25) is 4.79 Å². The molecule has 7 fully saturated rings. The molecular formula is C27H40O7. The maximum Gasteiger partial charge on any atom is 0.302 e. The minimum Gasteiger partial charge on any atom is -0.462 e. The Morgan fingerprint density at radius 2 is 1.65 bits per heavy atom. The fraction of sp³-hybridized carbons (Fsp3) is 0.963. The molecule has 7 rings (SSSR count). The number of hydrogen-bond acceptors (Lipinski definition) is 7. The molecule has 3 heterocycles. The van der Waals surface area contributed by atoms with Crippen molar-refractivity contribution in [1.82, 2.24) is 0 Å². The van der Waals surface area contributed by atoms with Crippen LogP contribution in [0, 0.1) is 34.5 Å². The van der Waals surface area contributed by atoms with E-state index in [9.17, 15) is 4.79 Å². The first-order chi connectivity index (χ1) is 16.1. The second kappa shape index (κ2) is 6.97. The lowest BCUT2D eigenvalue weighted by molar-refractivity contribution is -0.252. The molecule has 4 aliphatic carbocycles. The highest BCUT2D eigenvalue weighted by molar-refractivity contribution is 5.66. The highest BCUT2D eigenvalue weighted by Gasteiger charge is 2.80. The fourth-order valence-corrected chi connectivity index (χ4v) is 10.4. The third-order valence-electron chi connectivity index (χ3n) is 11.6. The van der Waals surface area contributed by atoms with Gasteiger partial charge in [0.2, 0.25) is 0 Å². The largest absolute Gasteiger partial charge is 0.462 e. The number of carbonyl (C=O) groups is 1. The number of epoxide rings is 1. The van der Waals surface area contributed by atoms with E-state index < -0.39 is 11.6 Å². The number of hydrogen-bond donors (Lipinski definition) is 0. The van der Waals surface area contributed by atoms with E-state index in [1.807, 2.05) is 0 Å². The quantitative estimate of drug-likeness (QED) is 0.443. The molecule has 7 heteroatoms. The molecule has 0 radical (unpaired) electrons. The summed E-state index contributed by atoms with van der Waals surface area (Å²) in [4.78, 5) is 12.4. The van der Waals surface area contributed by atoms with Crippen LogP contribution in [0.1, 0.15) is 72.6 Å². The van der Waals surface area contributed by atoms with Crippen LogP contribution in [0.25, 0.3) is 0 Å². The minimum absolute atomic E-state index is 0.0131. The Hall–Kier alpha value is -0.730. The lowest BCUT2D eigenvalue weighted by atomic mass is 9.43. The molecule has 7 aliphatic rings. The Morgan fingerprint density at radius 1 is 0.941 bits per heavy atom. The summed E-state index contributed by atoms with van der Waals surface area (Å²) in [5.74, 6) is 0.446. The fourth-order valence-electron chi connectivity index (χ4n) is 10.4. The summed E-state index contributed by atoms with van der Waals surface area (Å²) >= 11 is 0. The molecule has 9 atom stereocenters. The monoisotopic (exact) mass is 476 g/mol. The number of rotatable bonds is 2. The molecule has 4 saturated carbocycles. The van der Waals surface area contributed by atoms with E-state index in [1.54, 1.807) is 6.92 Å². The first-order valence-corrected chi connectivity index (χ1v) is 13.6. The summed E-state index contributed by atoms with van der Waals surface area (Å²) in [6, 6.07) is 0.